The number of quaternary nitrogens is 1. The van der Waals surface area contributed by atoms with Crippen molar-refractivity contribution in [3.05, 3.63) is 5.21 Å². The number of urea groups is 1. The fourth-order valence-corrected chi connectivity index (χ4v) is 0.0952. The van der Waals surface area contributed by atoms with Gasteiger partial charge in [-0.1, -0.05) is 0 Å². The summed E-state index contributed by atoms with van der Waals surface area (Å²) in [6, 6.07) is -0.713. The average Bonchev–Trinajstić information content (AvgIpc) is 1.68. The van der Waals surface area contributed by atoms with Crippen LogP contribution in [-0.4, -0.2) is 6.03 Å². The minimum atomic E-state index is -0.713. The molecule has 0 rings (SSSR count). The molecular weight excluding hydrogens is 100 g/mol. The molecule has 0 aromatic carbocycles. The van der Waals surface area contributed by atoms with E-state index in [2.05, 4.69) is 5.84 Å². The summed E-state index contributed by atoms with van der Waals surface area (Å²) >= 11 is 0. The molecule has 0 aliphatic rings. The lowest BCUT2D eigenvalue weighted by molar-refractivity contribution is -0.635. The van der Waals surface area contributed by atoms with Gasteiger partial charge in [-0.05, 0) is 0 Å². The first-order valence-corrected chi connectivity index (χ1v) is 1.52. The topological polar surface area (TPSA) is 107 Å². The predicted octanol–water partition coefficient (Wildman–Crippen LogP) is -2.86. The number of carbonyl (C=O) groups is 1. The molecule has 0 atom stereocenters. The molecule has 0 aromatic heterocycles. The monoisotopic (exact) mass is 106 g/mol. The third-order valence-electron chi connectivity index (χ3n) is 0.321. The van der Waals surface area contributed by atoms with Crippen LogP contribution in [0.3, 0.4) is 0 Å². The molecule has 0 aromatic rings. The SMILES string of the molecule is NNC(=O)N[NH2+][O-]. The maximum Gasteiger partial charge on any atom is 0.373 e. The van der Waals surface area contributed by atoms with Crippen molar-refractivity contribution in [2.75, 3.05) is 0 Å². The molecule has 42 valence electrons. The van der Waals surface area contributed by atoms with Crippen molar-refractivity contribution in [1.29, 1.82) is 0 Å². The summed E-state index contributed by atoms with van der Waals surface area (Å²) in [5, 5.41) is 9.35. The molecule has 0 unspecified atom stereocenters. The van der Waals surface area contributed by atoms with Crippen LogP contribution in [-0.2, 0) is 0 Å². The van der Waals surface area contributed by atoms with Gasteiger partial charge in [0.2, 0.25) is 0 Å². The van der Waals surface area contributed by atoms with E-state index < -0.39 is 6.03 Å². The zero-order chi connectivity index (χ0) is 5.70. The summed E-state index contributed by atoms with van der Waals surface area (Å²) in [6.45, 7) is 0. The van der Waals surface area contributed by atoms with E-state index in [9.17, 15) is 10.0 Å². The molecule has 0 fully saturated rings. The number of rotatable bonds is 1. The highest BCUT2D eigenvalue weighted by molar-refractivity contribution is 5.71. The van der Waals surface area contributed by atoms with Gasteiger partial charge in [-0.25, -0.2) is 10.6 Å². The van der Waals surface area contributed by atoms with Crippen molar-refractivity contribution in [3.8, 4) is 0 Å². The number of carbonyl (C=O) groups excluding carboxylic acids is 1. The van der Waals surface area contributed by atoms with Crippen LogP contribution in [0.4, 0.5) is 4.79 Å². The van der Waals surface area contributed by atoms with Crippen LogP contribution in [0.5, 0.6) is 0 Å². The Morgan fingerprint density at radius 2 is 2.43 bits per heavy atom. The van der Waals surface area contributed by atoms with E-state index in [1.54, 1.807) is 10.9 Å². The maximum atomic E-state index is 9.83. The zero-order valence-corrected chi connectivity index (χ0v) is 3.47. The Labute approximate surface area is 39.6 Å². The van der Waals surface area contributed by atoms with Gasteiger partial charge in [-0.3, -0.25) is 11.0 Å². The van der Waals surface area contributed by atoms with Gasteiger partial charge in [-0.2, -0.15) is 5.43 Å². The summed E-state index contributed by atoms with van der Waals surface area (Å²) in [5.41, 5.74) is 3.66. The Morgan fingerprint density at radius 1 is 1.86 bits per heavy atom. The number of hydrazine groups is 1. The van der Waals surface area contributed by atoms with Crippen LogP contribution >= 0.6 is 0 Å². The van der Waals surface area contributed by atoms with E-state index in [1.165, 1.54) is 0 Å². The second-order valence-corrected chi connectivity index (χ2v) is 0.736. The molecule has 0 heterocycles. The number of amides is 2. The fourth-order valence-electron chi connectivity index (χ4n) is 0.0952. The third-order valence-corrected chi connectivity index (χ3v) is 0.321. The van der Waals surface area contributed by atoms with E-state index in [0.717, 1.165) is 0 Å². The average molecular weight is 106 g/mol. The van der Waals surface area contributed by atoms with Gasteiger partial charge in [0, 0.05) is 0 Å². The lowest BCUT2D eigenvalue weighted by atomic mass is 11.1. The first-order valence-electron chi connectivity index (χ1n) is 1.52. The van der Waals surface area contributed by atoms with Crippen molar-refractivity contribution >= 4 is 6.03 Å². The van der Waals surface area contributed by atoms with E-state index in [1.807, 2.05) is 0 Å². The Bertz CT molecular complexity index is 62.7. The predicted molar refractivity (Wildman–Crippen MR) is 21.1 cm³/mol. The van der Waals surface area contributed by atoms with Gasteiger partial charge < -0.3 is 5.21 Å². The zero-order valence-electron chi connectivity index (χ0n) is 3.47. The lowest BCUT2D eigenvalue weighted by Crippen LogP contribution is -2.90. The van der Waals surface area contributed by atoms with Gasteiger partial charge in [0.1, 0.15) is 0 Å². The largest absolute Gasteiger partial charge is 0.609 e. The second kappa shape index (κ2) is 3.34. The summed E-state index contributed by atoms with van der Waals surface area (Å²) in [7, 11) is 0. The molecule has 0 spiro atoms. The van der Waals surface area contributed by atoms with E-state index in [4.69, 9.17) is 0 Å². The van der Waals surface area contributed by atoms with Crippen LogP contribution < -0.4 is 22.3 Å². The number of nitrogens with two attached hydrogens (primary N) is 2. The van der Waals surface area contributed by atoms with Gasteiger partial charge >= 0.3 is 6.03 Å². The highest BCUT2D eigenvalue weighted by Gasteiger charge is 1.88. The molecule has 0 saturated carbocycles. The molecule has 7 heavy (non-hydrogen) atoms. The molecule has 0 radical (unpaired) electrons. The van der Waals surface area contributed by atoms with E-state index in [0.29, 0.717) is 0 Å². The smallest absolute Gasteiger partial charge is 0.373 e. The molecule has 6 N–H and O–H groups in total. The van der Waals surface area contributed by atoms with Crippen LogP contribution in [0.25, 0.3) is 0 Å². The lowest BCUT2D eigenvalue weighted by Gasteiger charge is -2.00. The van der Waals surface area contributed by atoms with Gasteiger partial charge in [0.05, 0.1) is 0 Å². The third kappa shape index (κ3) is 2.97. The first-order chi connectivity index (χ1) is 3.31. The van der Waals surface area contributed by atoms with Crippen LogP contribution in [0.15, 0.2) is 0 Å². The normalized spacial score (nSPS) is 7.71. The Kier molecular flexibility index (Phi) is 2.94. The van der Waals surface area contributed by atoms with Gasteiger partial charge in [0.25, 0.3) is 0 Å². The summed E-state index contributed by atoms with van der Waals surface area (Å²) in [6.07, 6.45) is 0. The summed E-state index contributed by atoms with van der Waals surface area (Å²) in [5.74, 6) is 4.54. The van der Waals surface area contributed by atoms with E-state index >= 15 is 0 Å². The molecule has 2 amide bonds. The number of hydrogen-bond acceptors (Lipinski definition) is 3. The van der Waals surface area contributed by atoms with Crippen molar-refractivity contribution in [3.63, 3.8) is 0 Å². The highest BCUT2D eigenvalue weighted by atomic mass is 16.5. The van der Waals surface area contributed by atoms with Crippen LogP contribution in [0.1, 0.15) is 0 Å². The van der Waals surface area contributed by atoms with Crippen molar-refractivity contribution in [2.24, 2.45) is 5.84 Å². The summed E-state index contributed by atoms with van der Waals surface area (Å²) in [4.78, 5) is 9.83. The van der Waals surface area contributed by atoms with Crippen LogP contribution in [0, 0.1) is 5.21 Å². The molecule has 0 aliphatic carbocycles. The molecule has 0 bridgehead atoms. The summed E-state index contributed by atoms with van der Waals surface area (Å²) < 4.78 is 0. The molecule has 6 nitrogen and oxygen atoms in total. The fraction of sp³-hybridized carbons (Fsp3) is 0. The second-order valence-electron chi connectivity index (χ2n) is 0.736. The molecular formula is CH6N4O2. The quantitative estimate of drug-likeness (QED) is 0.164. The Morgan fingerprint density at radius 3 is 2.57 bits per heavy atom. The van der Waals surface area contributed by atoms with Crippen LogP contribution in [0.2, 0.25) is 0 Å². The molecule has 0 aliphatic heterocycles. The van der Waals surface area contributed by atoms with Gasteiger partial charge in [0.15, 0.2) is 0 Å². The van der Waals surface area contributed by atoms with Gasteiger partial charge in [-0.15, -0.1) is 0 Å². The Balaban J connectivity index is 3.00. The van der Waals surface area contributed by atoms with Crippen molar-refractivity contribution in [2.45, 2.75) is 0 Å². The highest BCUT2D eigenvalue weighted by Crippen LogP contribution is 1.42. The molecule has 6 heteroatoms. The number of hydrogen-bond donors (Lipinski definition) is 4. The van der Waals surface area contributed by atoms with Crippen molar-refractivity contribution < 1.29 is 10.4 Å². The number of nitrogens with one attached hydrogen (secondary N) is 2. The van der Waals surface area contributed by atoms with E-state index in [-0.39, 0.29) is 5.59 Å². The first kappa shape index (κ1) is 6.15. The minimum Gasteiger partial charge on any atom is -0.609 e. The van der Waals surface area contributed by atoms with Crippen molar-refractivity contribution in [1.82, 2.24) is 10.9 Å². The minimum absolute atomic E-state index is 0.238. The molecule has 0 saturated heterocycles. The Hall–Kier alpha value is -0.850. The maximum absolute atomic E-state index is 9.83. The standard InChI is InChI=1S/CH6N4O2/c2-3-1(6)4-5-7/h2,5H2,(H2,3,4,6).